The number of halogens is 7. The van der Waals surface area contributed by atoms with Gasteiger partial charge in [-0.3, -0.25) is 4.79 Å². The lowest BCUT2D eigenvalue weighted by Crippen LogP contribution is -2.17. The first-order chi connectivity index (χ1) is 10.2. The molecule has 9 heteroatoms. The van der Waals surface area contributed by atoms with E-state index in [0.717, 1.165) is 12.1 Å². The maximum Gasteiger partial charge on any atom is 0.255 e. The molecule has 2 nitrogen and oxygen atoms in total. The molecule has 116 valence electrons. The zero-order valence-corrected chi connectivity index (χ0v) is 11.8. The van der Waals surface area contributed by atoms with E-state index in [1.54, 1.807) is 5.32 Å². The minimum Gasteiger partial charge on any atom is -0.317 e. The Morgan fingerprint density at radius 1 is 0.818 bits per heavy atom. The first-order valence-corrected chi connectivity index (χ1v) is 6.27. The zero-order valence-electron chi connectivity index (χ0n) is 10.3. The zero-order chi connectivity index (χ0) is 16.6. The van der Waals surface area contributed by atoms with Crippen molar-refractivity contribution in [3.05, 3.63) is 62.9 Å². The molecule has 0 aliphatic rings. The number of hydrogen-bond acceptors (Lipinski definition) is 1. The Hall–Kier alpha value is -1.86. The largest absolute Gasteiger partial charge is 0.317 e. The summed E-state index contributed by atoms with van der Waals surface area (Å²) in [6, 6.07) is 3.47. The molecule has 0 fully saturated rings. The van der Waals surface area contributed by atoms with E-state index in [0.29, 0.717) is 0 Å². The molecule has 1 N–H and O–H groups in total. The van der Waals surface area contributed by atoms with Gasteiger partial charge in [0.2, 0.25) is 5.82 Å². The van der Waals surface area contributed by atoms with E-state index in [-0.39, 0.29) is 15.6 Å². The number of rotatable bonds is 2. The Kier molecular flexibility index (Phi) is 4.58. The van der Waals surface area contributed by atoms with Gasteiger partial charge in [0.1, 0.15) is 5.69 Å². The first-order valence-electron chi connectivity index (χ1n) is 5.52. The van der Waals surface area contributed by atoms with Gasteiger partial charge in [-0.25, -0.2) is 22.0 Å². The third kappa shape index (κ3) is 2.86. The number of carbonyl (C=O) groups is 1. The van der Waals surface area contributed by atoms with Crippen molar-refractivity contribution in [2.24, 2.45) is 0 Å². The second-order valence-corrected chi connectivity index (χ2v) is 4.84. The van der Waals surface area contributed by atoms with Gasteiger partial charge >= 0.3 is 0 Å². The van der Waals surface area contributed by atoms with Crippen LogP contribution in [0.5, 0.6) is 0 Å². The second-order valence-electron chi connectivity index (χ2n) is 4.03. The van der Waals surface area contributed by atoms with Crippen LogP contribution in [-0.4, -0.2) is 5.91 Å². The molecule has 0 saturated carbocycles. The topological polar surface area (TPSA) is 29.1 Å². The molecule has 0 aliphatic carbocycles. The summed E-state index contributed by atoms with van der Waals surface area (Å²) in [4.78, 5) is 11.8. The van der Waals surface area contributed by atoms with Gasteiger partial charge in [0, 0.05) is 5.56 Å². The molecule has 0 heterocycles. The lowest BCUT2D eigenvalue weighted by molar-refractivity contribution is 0.102. The van der Waals surface area contributed by atoms with Gasteiger partial charge in [-0.15, -0.1) is 0 Å². The van der Waals surface area contributed by atoms with Crippen LogP contribution in [0, 0.1) is 29.1 Å². The number of hydrogen-bond donors (Lipinski definition) is 1. The number of benzene rings is 2. The summed E-state index contributed by atoms with van der Waals surface area (Å²) in [5.74, 6) is -12.1. The van der Waals surface area contributed by atoms with E-state index in [1.165, 1.54) is 6.07 Å². The molecule has 2 aromatic carbocycles. The lowest BCUT2D eigenvalue weighted by Gasteiger charge is -2.10. The maximum absolute atomic E-state index is 13.4. The highest BCUT2D eigenvalue weighted by molar-refractivity contribution is 6.42. The molecule has 0 bridgehead atoms. The summed E-state index contributed by atoms with van der Waals surface area (Å²) in [5, 5.41) is 1.71. The van der Waals surface area contributed by atoms with E-state index >= 15 is 0 Å². The van der Waals surface area contributed by atoms with Crippen LogP contribution in [0.25, 0.3) is 0 Å². The Balaban J connectivity index is 2.42. The summed E-state index contributed by atoms with van der Waals surface area (Å²) < 4.78 is 65.8. The molecule has 2 rings (SSSR count). The highest BCUT2D eigenvalue weighted by Crippen LogP contribution is 2.28. The number of amides is 1. The van der Waals surface area contributed by atoms with Gasteiger partial charge in [0.05, 0.1) is 10.0 Å². The molecule has 22 heavy (non-hydrogen) atoms. The van der Waals surface area contributed by atoms with Crippen molar-refractivity contribution in [1.29, 1.82) is 0 Å². The van der Waals surface area contributed by atoms with Crippen molar-refractivity contribution in [3.8, 4) is 0 Å². The Morgan fingerprint density at radius 2 is 1.32 bits per heavy atom. The third-order valence-electron chi connectivity index (χ3n) is 2.63. The maximum atomic E-state index is 13.4. The highest BCUT2D eigenvalue weighted by atomic mass is 35.5. The molecule has 0 spiro atoms. The van der Waals surface area contributed by atoms with Gasteiger partial charge < -0.3 is 5.32 Å². The van der Waals surface area contributed by atoms with Crippen molar-refractivity contribution in [2.75, 3.05) is 5.32 Å². The molecule has 2 aromatic rings. The fourth-order valence-electron chi connectivity index (χ4n) is 1.54. The summed E-state index contributed by atoms with van der Waals surface area (Å²) in [5.41, 5.74) is -1.63. The standard InChI is InChI=1S/C13H4Cl2F5NO/c14-5-2-1-4(3-6(5)15)13(22)21-12-10(19)8(17)7(16)9(18)11(12)20/h1-3H,(H,21,22). The van der Waals surface area contributed by atoms with Crippen molar-refractivity contribution < 1.29 is 26.7 Å². The normalized spacial score (nSPS) is 10.7. The van der Waals surface area contributed by atoms with E-state index < -0.39 is 40.7 Å². The summed E-state index contributed by atoms with van der Waals surface area (Å²) in [7, 11) is 0. The molecule has 0 radical (unpaired) electrons. The van der Waals surface area contributed by atoms with Gasteiger partial charge in [-0.2, -0.15) is 0 Å². The highest BCUT2D eigenvalue weighted by Gasteiger charge is 2.27. The minimum absolute atomic E-state index is 0.0215. The van der Waals surface area contributed by atoms with Crippen LogP contribution in [0.3, 0.4) is 0 Å². The smallest absolute Gasteiger partial charge is 0.255 e. The van der Waals surface area contributed by atoms with E-state index in [1.807, 2.05) is 0 Å². The fourth-order valence-corrected chi connectivity index (χ4v) is 1.84. The van der Waals surface area contributed by atoms with Crippen LogP contribution in [0.4, 0.5) is 27.6 Å². The van der Waals surface area contributed by atoms with Crippen LogP contribution >= 0.6 is 23.2 Å². The quantitative estimate of drug-likeness (QED) is 0.461. The number of carbonyl (C=O) groups excluding carboxylic acids is 1. The minimum atomic E-state index is -2.32. The Morgan fingerprint density at radius 3 is 1.82 bits per heavy atom. The summed E-state index contributed by atoms with van der Waals surface area (Å²) >= 11 is 11.3. The van der Waals surface area contributed by atoms with Crippen molar-refractivity contribution in [2.45, 2.75) is 0 Å². The third-order valence-corrected chi connectivity index (χ3v) is 3.37. The van der Waals surface area contributed by atoms with Crippen molar-refractivity contribution in [1.82, 2.24) is 0 Å². The van der Waals surface area contributed by atoms with Crippen LogP contribution in [0.2, 0.25) is 10.0 Å². The summed E-state index contributed by atoms with van der Waals surface area (Å²) in [6.45, 7) is 0. The molecule has 0 saturated heterocycles. The monoisotopic (exact) mass is 355 g/mol. The number of anilines is 1. The fraction of sp³-hybridized carbons (Fsp3) is 0. The molecule has 0 atom stereocenters. The SMILES string of the molecule is O=C(Nc1c(F)c(F)c(F)c(F)c1F)c1ccc(Cl)c(Cl)c1. The molecule has 0 aliphatic heterocycles. The van der Waals surface area contributed by atoms with E-state index in [9.17, 15) is 26.7 Å². The average molecular weight is 356 g/mol. The Bertz CT molecular complexity index is 753. The number of nitrogens with one attached hydrogen (secondary N) is 1. The molecule has 0 aromatic heterocycles. The predicted molar refractivity (Wildman–Crippen MR) is 70.6 cm³/mol. The molecule has 0 unspecified atom stereocenters. The lowest BCUT2D eigenvalue weighted by atomic mass is 10.2. The van der Waals surface area contributed by atoms with Crippen molar-refractivity contribution >= 4 is 34.8 Å². The van der Waals surface area contributed by atoms with Crippen LogP contribution in [0.1, 0.15) is 10.4 Å². The molecule has 1 amide bonds. The van der Waals surface area contributed by atoms with Crippen molar-refractivity contribution in [3.63, 3.8) is 0 Å². The molecular weight excluding hydrogens is 352 g/mol. The first kappa shape index (κ1) is 16.5. The van der Waals surface area contributed by atoms with Gasteiger partial charge in [0.25, 0.3) is 5.91 Å². The van der Waals surface area contributed by atoms with Crippen LogP contribution < -0.4 is 5.32 Å². The van der Waals surface area contributed by atoms with Crippen LogP contribution in [-0.2, 0) is 0 Å². The van der Waals surface area contributed by atoms with Gasteiger partial charge in [0.15, 0.2) is 23.3 Å². The van der Waals surface area contributed by atoms with Gasteiger partial charge in [-0.1, -0.05) is 23.2 Å². The van der Waals surface area contributed by atoms with E-state index in [4.69, 9.17) is 23.2 Å². The molecular formula is C13H4Cl2F5NO. The van der Waals surface area contributed by atoms with Gasteiger partial charge in [-0.05, 0) is 18.2 Å². The van der Waals surface area contributed by atoms with E-state index in [2.05, 4.69) is 0 Å². The summed E-state index contributed by atoms with van der Waals surface area (Å²) in [6.07, 6.45) is 0. The Labute approximate surface area is 130 Å². The second kappa shape index (κ2) is 6.10. The average Bonchev–Trinajstić information content (AvgIpc) is 2.50. The predicted octanol–water partition coefficient (Wildman–Crippen LogP) is 4.94. The van der Waals surface area contributed by atoms with Crippen LogP contribution in [0.15, 0.2) is 18.2 Å².